The number of likely N-dealkylation sites (tertiary alicyclic amines) is 3. The van der Waals surface area contributed by atoms with Crippen LogP contribution in [0.3, 0.4) is 0 Å². The zero-order valence-electron chi connectivity index (χ0n) is 47.6. The number of halogens is 1. The van der Waals surface area contributed by atoms with Crippen LogP contribution < -0.4 is 25.6 Å². The number of anilines is 1. The number of nitrogens with one attached hydrogen (secondary N) is 3. The van der Waals surface area contributed by atoms with E-state index in [0.717, 1.165) is 122 Å². The van der Waals surface area contributed by atoms with E-state index in [1.54, 1.807) is 29.7 Å². The van der Waals surface area contributed by atoms with Crippen molar-refractivity contribution >= 4 is 56.6 Å². The first-order valence-corrected chi connectivity index (χ1v) is 30.2. The maximum absolute atomic E-state index is 17.3. The quantitative estimate of drug-likeness (QED) is 0.0589. The lowest BCUT2D eigenvalue weighted by molar-refractivity contribution is -0.144. The van der Waals surface area contributed by atoms with Crippen molar-refractivity contribution in [2.75, 3.05) is 63.9 Å². The standard InChI is InChI=1S/C62H78FN11O6S/c1-7-39-10-8-11-42-26-46(75)27-48(52(39)42)54-53(63)55-49(29-64-54)58(73-31-43-17-18-44(32-73)67-43)70-61(69-55)80-34-45-12-9-22-72(45)30-38-19-23-71(24-20-38)25-21-51(77)68-57(62(4,5)6)60(79)74-33-47(76)28-50(74)59(78)66-36(2)40-13-15-41(16-14-40)56-37(3)65-35-81-56/h8,10-11,13-16,26-27,29,35-36,38,43-45,47,50,57,67,75-76H,7,9,12,17-25,28,30-34H2,1-6H3,(H,66,78)(H,68,77). The molecule has 0 saturated carbocycles. The van der Waals surface area contributed by atoms with Crippen molar-refractivity contribution in [3.05, 3.63) is 88.9 Å². The van der Waals surface area contributed by atoms with Gasteiger partial charge >= 0.3 is 6.01 Å². The van der Waals surface area contributed by atoms with E-state index >= 15 is 4.39 Å². The average Bonchev–Trinajstić information content (AvgIpc) is 4.32. The summed E-state index contributed by atoms with van der Waals surface area (Å²) in [4.78, 5) is 70.4. The number of carbonyl (C=O) groups excluding carboxylic acids is 3. The van der Waals surface area contributed by atoms with E-state index in [1.807, 2.05) is 82.6 Å². The number of β-amino-alcohol motifs (C(OH)–C–C–N with tert-alkyl or cyclic N) is 1. The lowest BCUT2D eigenvalue weighted by Gasteiger charge is -2.36. The molecule has 5 N–H and O–H groups in total. The number of aromatic nitrogens is 4. The number of hydrogen-bond donors (Lipinski definition) is 5. The highest BCUT2D eigenvalue weighted by Crippen LogP contribution is 2.40. The molecule has 3 aromatic heterocycles. The molecule has 17 nitrogen and oxygen atoms in total. The van der Waals surface area contributed by atoms with Gasteiger partial charge in [-0.1, -0.05) is 70.2 Å². The summed E-state index contributed by atoms with van der Waals surface area (Å²) in [6.45, 7) is 17.7. The van der Waals surface area contributed by atoms with Crippen LogP contribution in [-0.2, 0) is 20.8 Å². The maximum atomic E-state index is 17.3. The lowest BCUT2D eigenvalue weighted by Crippen LogP contribution is -2.58. The molecule has 19 heteroatoms. The molecule has 7 atom stereocenters. The number of aryl methyl sites for hydroxylation is 2. The number of rotatable bonds is 17. The highest BCUT2D eigenvalue weighted by atomic mass is 32.1. The minimum Gasteiger partial charge on any atom is -0.508 e. The second kappa shape index (κ2) is 23.8. The van der Waals surface area contributed by atoms with Crippen molar-refractivity contribution in [3.63, 3.8) is 0 Å². The number of nitrogens with zero attached hydrogens (tertiary/aromatic N) is 8. The number of aliphatic hydroxyl groups is 1. The van der Waals surface area contributed by atoms with Gasteiger partial charge in [0.05, 0.1) is 33.6 Å². The van der Waals surface area contributed by atoms with Crippen molar-refractivity contribution < 1.29 is 33.7 Å². The van der Waals surface area contributed by atoms with E-state index in [1.165, 1.54) is 4.90 Å². The SMILES string of the molecule is CCc1cccc2cc(O)cc(-c3ncc4c(N5CC6CCC(C5)N6)nc(OCC5CCCN5CC5CCN(CCC(=O)NC(C(=O)N6CC(O)CC6C(=O)NC(C)c6ccc(-c7scnc7C)cc6)C(C)(C)C)CC5)nc4c3F)c12. The molecule has 3 amide bonds. The summed E-state index contributed by atoms with van der Waals surface area (Å²) < 4.78 is 23.8. The van der Waals surface area contributed by atoms with Crippen LogP contribution in [0.4, 0.5) is 10.2 Å². The number of aromatic hydroxyl groups is 1. The number of fused-ring (bicyclic) bond motifs is 4. The van der Waals surface area contributed by atoms with Crippen LogP contribution in [0.15, 0.2) is 66.3 Å². The zero-order chi connectivity index (χ0) is 56.7. The number of ether oxygens (including phenoxy) is 1. The molecule has 6 aromatic rings. The Balaban J connectivity index is 0.690. The first kappa shape index (κ1) is 56.5. The molecule has 0 spiro atoms. The number of piperazine rings is 1. The molecule has 5 saturated heterocycles. The molecule has 5 aliphatic rings. The maximum Gasteiger partial charge on any atom is 0.319 e. The Morgan fingerprint density at radius 2 is 1.72 bits per heavy atom. The Morgan fingerprint density at radius 3 is 2.43 bits per heavy atom. The highest BCUT2D eigenvalue weighted by Gasteiger charge is 2.45. The van der Waals surface area contributed by atoms with Crippen LogP contribution in [0, 0.1) is 24.1 Å². The molecule has 2 bridgehead atoms. The minimum atomic E-state index is -0.900. The normalized spacial score (nSPS) is 22.6. The van der Waals surface area contributed by atoms with E-state index < -0.39 is 29.4 Å². The smallest absolute Gasteiger partial charge is 0.319 e. The average molecular weight is 1120 g/mol. The van der Waals surface area contributed by atoms with Gasteiger partial charge in [-0.2, -0.15) is 9.97 Å². The second-order valence-corrected chi connectivity index (χ2v) is 25.3. The van der Waals surface area contributed by atoms with Gasteiger partial charge in [0, 0.05) is 75.5 Å². The third-order valence-corrected chi connectivity index (χ3v) is 18.6. The number of aliphatic hydroxyl groups excluding tert-OH is 1. The summed E-state index contributed by atoms with van der Waals surface area (Å²) in [6, 6.07) is 16.0. The Kier molecular flexibility index (Phi) is 16.6. The predicted octanol–water partition coefficient (Wildman–Crippen LogP) is 7.94. The summed E-state index contributed by atoms with van der Waals surface area (Å²) in [6.07, 6.45) is 8.03. The van der Waals surface area contributed by atoms with Crippen molar-refractivity contribution in [1.82, 2.24) is 50.6 Å². The molecule has 0 aliphatic carbocycles. The number of pyridine rings is 1. The third-order valence-electron chi connectivity index (χ3n) is 17.7. The van der Waals surface area contributed by atoms with E-state index in [4.69, 9.17) is 19.7 Å². The van der Waals surface area contributed by atoms with Gasteiger partial charge in [-0.05, 0) is 129 Å². The van der Waals surface area contributed by atoms with Gasteiger partial charge in [-0.3, -0.25) is 24.3 Å². The van der Waals surface area contributed by atoms with Crippen LogP contribution in [0.1, 0.15) is 109 Å². The van der Waals surface area contributed by atoms with E-state index in [0.29, 0.717) is 47.9 Å². The Morgan fingerprint density at radius 1 is 0.951 bits per heavy atom. The second-order valence-electron chi connectivity index (χ2n) is 24.4. The van der Waals surface area contributed by atoms with Gasteiger partial charge in [0.25, 0.3) is 0 Å². The highest BCUT2D eigenvalue weighted by molar-refractivity contribution is 7.13. The molecule has 11 rings (SSSR count). The topological polar surface area (TPSA) is 202 Å². The van der Waals surface area contributed by atoms with Gasteiger partial charge < -0.3 is 45.6 Å². The van der Waals surface area contributed by atoms with Crippen LogP contribution in [0.2, 0.25) is 0 Å². The molecule has 0 radical (unpaired) electrons. The van der Waals surface area contributed by atoms with Crippen molar-refractivity contribution in [2.45, 2.75) is 142 Å². The van der Waals surface area contributed by atoms with E-state index in [9.17, 15) is 24.6 Å². The monoisotopic (exact) mass is 1120 g/mol. The minimum absolute atomic E-state index is 0.00956. The fourth-order valence-electron chi connectivity index (χ4n) is 13.2. The number of thiazole rings is 1. The molecule has 8 heterocycles. The molecular formula is C62H78FN11O6S. The van der Waals surface area contributed by atoms with Crippen LogP contribution in [-0.4, -0.2) is 158 Å². The number of phenols is 1. The third kappa shape index (κ3) is 12.2. The number of phenolic OH excluding ortho intramolecular Hbond substituents is 1. The molecule has 5 fully saturated rings. The Bertz CT molecular complexity index is 3260. The summed E-state index contributed by atoms with van der Waals surface area (Å²) in [7, 11) is 0. The van der Waals surface area contributed by atoms with Gasteiger partial charge in [0.2, 0.25) is 17.7 Å². The summed E-state index contributed by atoms with van der Waals surface area (Å²) in [5.74, 6) is -0.386. The first-order valence-electron chi connectivity index (χ1n) is 29.3. The van der Waals surface area contributed by atoms with E-state index in [2.05, 4.69) is 42.6 Å². The van der Waals surface area contributed by atoms with Gasteiger partial charge in [-0.15, -0.1) is 11.3 Å². The van der Waals surface area contributed by atoms with E-state index in [-0.39, 0.29) is 72.2 Å². The Hall–Kier alpha value is -6.38. The number of hydrogen-bond acceptors (Lipinski definition) is 15. The zero-order valence-corrected chi connectivity index (χ0v) is 48.4. The molecule has 3 aromatic carbocycles. The van der Waals surface area contributed by atoms with Crippen molar-refractivity contribution in [2.24, 2.45) is 11.3 Å². The molecule has 430 valence electrons. The fourth-order valence-corrected chi connectivity index (χ4v) is 14.0. The van der Waals surface area contributed by atoms with Crippen LogP contribution >= 0.6 is 11.3 Å². The van der Waals surface area contributed by atoms with Crippen LogP contribution in [0.25, 0.3) is 43.4 Å². The number of carbonyl (C=O) groups is 3. The van der Waals surface area contributed by atoms with Crippen LogP contribution in [0.5, 0.6) is 11.8 Å². The summed E-state index contributed by atoms with van der Waals surface area (Å²) in [5, 5.41) is 33.6. The molecule has 7 unspecified atom stereocenters. The molecule has 81 heavy (non-hydrogen) atoms. The molecular weight excluding hydrogens is 1050 g/mol. The number of benzene rings is 3. The number of amides is 3. The number of piperidine rings is 1. The van der Waals surface area contributed by atoms with Crippen molar-refractivity contribution in [3.8, 4) is 33.5 Å². The van der Waals surface area contributed by atoms with Crippen molar-refractivity contribution in [1.29, 1.82) is 0 Å². The summed E-state index contributed by atoms with van der Waals surface area (Å²) >= 11 is 1.58. The largest absolute Gasteiger partial charge is 0.508 e. The van der Waals surface area contributed by atoms with Gasteiger partial charge in [0.15, 0.2) is 5.82 Å². The first-order chi connectivity index (χ1) is 39.0. The fraction of sp³-hybridized carbons (Fsp3) is 0.532. The van der Waals surface area contributed by atoms with Gasteiger partial charge in [0.1, 0.15) is 41.5 Å². The summed E-state index contributed by atoms with van der Waals surface area (Å²) in [5.41, 5.74) is 5.94. The molecule has 5 aliphatic heterocycles. The lowest BCUT2D eigenvalue weighted by atomic mass is 9.85. The predicted molar refractivity (Wildman–Crippen MR) is 314 cm³/mol. The Labute approximate surface area is 478 Å². The van der Waals surface area contributed by atoms with Gasteiger partial charge in [-0.25, -0.2) is 9.37 Å².